The SMILES string of the molecule is COC(C)c1ccc(Br)c(C)n1. The van der Waals surface area contributed by atoms with E-state index in [1.54, 1.807) is 7.11 Å². The number of ether oxygens (including phenoxy) is 1. The number of halogens is 1. The van der Waals surface area contributed by atoms with E-state index in [1.165, 1.54) is 0 Å². The van der Waals surface area contributed by atoms with Gasteiger partial charge in [0.1, 0.15) is 0 Å². The molecule has 66 valence electrons. The summed E-state index contributed by atoms with van der Waals surface area (Å²) in [4.78, 5) is 4.37. The quantitative estimate of drug-likeness (QED) is 0.779. The maximum atomic E-state index is 5.15. The van der Waals surface area contributed by atoms with Gasteiger partial charge < -0.3 is 4.74 Å². The second-order valence-electron chi connectivity index (χ2n) is 2.68. The molecule has 1 aromatic rings. The first-order valence-corrected chi connectivity index (χ1v) is 4.60. The van der Waals surface area contributed by atoms with Crippen LogP contribution in [0.3, 0.4) is 0 Å². The highest BCUT2D eigenvalue weighted by molar-refractivity contribution is 9.10. The van der Waals surface area contributed by atoms with Gasteiger partial charge in [-0.05, 0) is 41.9 Å². The topological polar surface area (TPSA) is 22.1 Å². The van der Waals surface area contributed by atoms with Gasteiger partial charge in [0.2, 0.25) is 0 Å². The third-order valence-corrected chi connectivity index (χ3v) is 2.65. The number of nitrogens with zero attached hydrogens (tertiary/aromatic N) is 1. The zero-order valence-corrected chi connectivity index (χ0v) is 9.05. The summed E-state index contributed by atoms with van der Waals surface area (Å²) >= 11 is 3.40. The van der Waals surface area contributed by atoms with Gasteiger partial charge >= 0.3 is 0 Å². The van der Waals surface area contributed by atoms with E-state index in [9.17, 15) is 0 Å². The summed E-state index contributed by atoms with van der Waals surface area (Å²) in [6, 6.07) is 3.96. The van der Waals surface area contributed by atoms with Crippen molar-refractivity contribution in [3.63, 3.8) is 0 Å². The average molecular weight is 230 g/mol. The lowest BCUT2D eigenvalue weighted by Crippen LogP contribution is -2.00. The molecule has 0 aliphatic rings. The van der Waals surface area contributed by atoms with Crippen LogP contribution in [0.1, 0.15) is 24.4 Å². The Kier molecular flexibility index (Phi) is 3.23. The van der Waals surface area contributed by atoms with Crippen LogP contribution in [0.5, 0.6) is 0 Å². The van der Waals surface area contributed by atoms with Gasteiger partial charge in [0.25, 0.3) is 0 Å². The van der Waals surface area contributed by atoms with Crippen LogP contribution in [-0.2, 0) is 4.74 Å². The summed E-state index contributed by atoms with van der Waals surface area (Å²) in [5.41, 5.74) is 1.97. The minimum absolute atomic E-state index is 0.0665. The van der Waals surface area contributed by atoms with Crippen molar-refractivity contribution in [1.29, 1.82) is 0 Å². The van der Waals surface area contributed by atoms with Crippen LogP contribution >= 0.6 is 15.9 Å². The monoisotopic (exact) mass is 229 g/mol. The Balaban J connectivity index is 2.96. The van der Waals surface area contributed by atoms with Gasteiger partial charge in [0, 0.05) is 11.6 Å². The van der Waals surface area contributed by atoms with E-state index < -0.39 is 0 Å². The summed E-state index contributed by atoms with van der Waals surface area (Å²) in [7, 11) is 1.68. The van der Waals surface area contributed by atoms with E-state index in [0.717, 1.165) is 15.9 Å². The van der Waals surface area contributed by atoms with Gasteiger partial charge in [-0.15, -0.1) is 0 Å². The molecule has 12 heavy (non-hydrogen) atoms. The molecule has 1 aromatic heterocycles. The zero-order chi connectivity index (χ0) is 9.14. The Morgan fingerprint density at radius 2 is 2.17 bits per heavy atom. The first-order valence-electron chi connectivity index (χ1n) is 3.81. The van der Waals surface area contributed by atoms with Crippen LogP contribution in [0.15, 0.2) is 16.6 Å². The maximum absolute atomic E-state index is 5.15. The van der Waals surface area contributed by atoms with Crippen molar-refractivity contribution >= 4 is 15.9 Å². The minimum Gasteiger partial charge on any atom is -0.375 e. The highest BCUT2D eigenvalue weighted by Crippen LogP contribution is 2.18. The average Bonchev–Trinajstić information content (AvgIpc) is 2.08. The maximum Gasteiger partial charge on any atom is 0.0962 e. The minimum atomic E-state index is 0.0665. The van der Waals surface area contributed by atoms with Crippen LogP contribution in [0.4, 0.5) is 0 Å². The van der Waals surface area contributed by atoms with Gasteiger partial charge in [0.15, 0.2) is 0 Å². The van der Waals surface area contributed by atoms with Crippen LogP contribution in [0.2, 0.25) is 0 Å². The van der Waals surface area contributed by atoms with Crippen LogP contribution in [0.25, 0.3) is 0 Å². The highest BCUT2D eigenvalue weighted by Gasteiger charge is 2.05. The number of methoxy groups -OCH3 is 1. The molecule has 0 aliphatic carbocycles. The van der Waals surface area contributed by atoms with Gasteiger partial charge in [-0.1, -0.05) is 0 Å². The number of hydrogen-bond acceptors (Lipinski definition) is 2. The first kappa shape index (κ1) is 9.68. The van der Waals surface area contributed by atoms with E-state index in [-0.39, 0.29) is 6.10 Å². The van der Waals surface area contributed by atoms with E-state index in [2.05, 4.69) is 20.9 Å². The zero-order valence-electron chi connectivity index (χ0n) is 7.47. The molecule has 2 nitrogen and oxygen atoms in total. The summed E-state index contributed by atoms with van der Waals surface area (Å²) in [5, 5.41) is 0. The van der Waals surface area contributed by atoms with E-state index >= 15 is 0 Å². The van der Waals surface area contributed by atoms with Gasteiger partial charge in [-0.3, -0.25) is 4.98 Å². The van der Waals surface area contributed by atoms with Crippen LogP contribution in [-0.4, -0.2) is 12.1 Å². The normalized spacial score (nSPS) is 13.0. The second kappa shape index (κ2) is 4.01. The van der Waals surface area contributed by atoms with E-state index in [1.807, 2.05) is 26.0 Å². The van der Waals surface area contributed by atoms with Crippen molar-refractivity contribution in [3.05, 3.63) is 28.0 Å². The lowest BCUT2D eigenvalue weighted by atomic mass is 10.2. The summed E-state index contributed by atoms with van der Waals surface area (Å²) in [6.07, 6.45) is 0.0665. The molecule has 1 unspecified atom stereocenters. The number of aromatic nitrogens is 1. The molecule has 1 heterocycles. The molecule has 0 amide bonds. The molecule has 0 aliphatic heterocycles. The number of aryl methyl sites for hydroxylation is 1. The van der Waals surface area contributed by atoms with Gasteiger partial charge in [0.05, 0.1) is 17.5 Å². The Morgan fingerprint density at radius 1 is 1.50 bits per heavy atom. The molecule has 0 bridgehead atoms. The highest BCUT2D eigenvalue weighted by atomic mass is 79.9. The molecular formula is C9H12BrNO. The third kappa shape index (κ3) is 2.05. The predicted octanol–water partition coefficient (Wildman–Crippen LogP) is 2.86. The molecule has 0 radical (unpaired) electrons. The lowest BCUT2D eigenvalue weighted by Gasteiger charge is -2.09. The summed E-state index contributed by atoms with van der Waals surface area (Å²) in [5.74, 6) is 0. The molecular weight excluding hydrogens is 218 g/mol. The molecule has 0 saturated heterocycles. The van der Waals surface area contributed by atoms with Gasteiger partial charge in [-0.25, -0.2) is 0 Å². The van der Waals surface area contributed by atoms with Crippen molar-refractivity contribution < 1.29 is 4.74 Å². The van der Waals surface area contributed by atoms with Crippen molar-refractivity contribution in [2.45, 2.75) is 20.0 Å². The summed E-state index contributed by atoms with van der Waals surface area (Å²) in [6.45, 7) is 3.95. The standard InChI is InChI=1S/C9H12BrNO/c1-6-8(10)4-5-9(11-6)7(2)12-3/h4-5,7H,1-3H3. The fourth-order valence-corrected chi connectivity index (χ4v) is 1.13. The molecule has 0 aromatic carbocycles. The van der Waals surface area contributed by atoms with Crippen LogP contribution < -0.4 is 0 Å². The Labute approximate surface area is 81.1 Å². The number of hydrogen-bond donors (Lipinski definition) is 0. The smallest absolute Gasteiger partial charge is 0.0962 e. The Bertz CT molecular complexity index is 275. The fourth-order valence-electron chi connectivity index (χ4n) is 0.911. The second-order valence-corrected chi connectivity index (χ2v) is 3.54. The van der Waals surface area contributed by atoms with Crippen molar-refractivity contribution in [1.82, 2.24) is 4.98 Å². The first-order chi connectivity index (χ1) is 5.65. The lowest BCUT2D eigenvalue weighted by molar-refractivity contribution is 0.116. The number of rotatable bonds is 2. The van der Waals surface area contributed by atoms with E-state index in [0.29, 0.717) is 0 Å². The van der Waals surface area contributed by atoms with E-state index in [4.69, 9.17) is 4.74 Å². The third-order valence-electron chi connectivity index (χ3n) is 1.81. The molecule has 1 atom stereocenters. The molecule has 1 rings (SSSR count). The number of pyridine rings is 1. The predicted molar refractivity (Wildman–Crippen MR) is 52.1 cm³/mol. The van der Waals surface area contributed by atoms with Crippen molar-refractivity contribution in [3.8, 4) is 0 Å². The van der Waals surface area contributed by atoms with Gasteiger partial charge in [-0.2, -0.15) is 0 Å². The fraction of sp³-hybridized carbons (Fsp3) is 0.444. The molecule has 0 saturated carbocycles. The Morgan fingerprint density at radius 3 is 2.67 bits per heavy atom. The molecule has 0 fully saturated rings. The molecule has 0 N–H and O–H groups in total. The largest absolute Gasteiger partial charge is 0.375 e. The van der Waals surface area contributed by atoms with Crippen molar-refractivity contribution in [2.75, 3.05) is 7.11 Å². The molecule has 0 spiro atoms. The molecule has 3 heteroatoms. The van der Waals surface area contributed by atoms with Crippen molar-refractivity contribution in [2.24, 2.45) is 0 Å². The Hall–Kier alpha value is -0.410. The summed E-state index contributed by atoms with van der Waals surface area (Å²) < 4.78 is 6.19. The van der Waals surface area contributed by atoms with Crippen LogP contribution in [0, 0.1) is 6.92 Å².